The molecular formula is C15H21NO3S. The molecule has 0 spiro atoms. The molecule has 1 aliphatic heterocycles. The number of hydrogen-bond acceptors (Lipinski definition) is 4. The molecule has 0 radical (unpaired) electrons. The van der Waals surface area contributed by atoms with E-state index in [0.29, 0.717) is 5.71 Å². The maximum atomic E-state index is 12.3. The molecule has 0 aliphatic carbocycles. The molecule has 1 aromatic rings. The Bertz CT molecular complexity index is 668. The Labute approximate surface area is 120 Å². The monoisotopic (exact) mass is 295 g/mol. The van der Waals surface area contributed by atoms with Crippen molar-refractivity contribution in [1.82, 2.24) is 0 Å². The highest BCUT2D eigenvalue weighted by Crippen LogP contribution is 2.36. The summed E-state index contributed by atoms with van der Waals surface area (Å²) in [5, 5.41) is 4.10. The van der Waals surface area contributed by atoms with Gasteiger partial charge in [0, 0.05) is 11.8 Å². The van der Waals surface area contributed by atoms with Gasteiger partial charge in [0.1, 0.15) is 11.8 Å². The Hall–Kier alpha value is -1.36. The second-order valence-corrected chi connectivity index (χ2v) is 8.23. The molecule has 2 rings (SSSR count). The predicted octanol–water partition coefficient (Wildman–Crippen LogP) is 2.54. The van der Waals surface area contributed by atoms with Gasteiger partial charge in [0.15, 0.2) is 14.6 Å². The number of nitrogens with zero attached hydrogens (tertiary/aromatic N) is 1. The van der Waals surface area contributed by atoms with Crippen LogP contribution < -0.4 is 0 Å². The smallest absolute Gasteiger partial charge is 0.162 e. The first-order valence-corrected chi connectivity index (χ1v) is 8.50. The second-order valence-electron chi connectivity index (χ2n) is 5.84. The third kappa shape index (κ3) is 2.04. The van der Waals surface area contributed by atoms with Crippen LogP contribution in [-0.2, 0) is 14.7 Å². The molecule has 2 atom stereocenters. The van der Waals surface area contributed by atoms with Crippen LogP contribution in [-0.4, -0.2) is 31.2 Å². The number of oxime groups is 1. The molecule has 20 heavy (non-hydrogen) atoms. The third-order valence-corrected chi connectivity index (χ3v) is 6.30. The molecule has 0 amide bonds. The Kier molecular flexibility index (Phi) is 3.45. The van der Waals surface area contributed by atoms with Crippen LogP contribution in [0.4, 0.5) is 0 Å². The largest absolute Gasteiger partial charge is 0.390 e. The molecule has 0 fully saturated rings. The average molecular weight is 295 g/mol. The van der Waals surface area contributed by atoms with Gasteiger partial charge < -0.3 is 4.84 Å². The van der Waals surface area contributed by atoms with Crippen molar-refractivity contribution >= 4 is 15.5 Å². The van der Waals surface area contributed by atoms with Crippen LogP contribution >= 0.6 is 0 Å². The highest BCUT2D eigenvalue weighted by molar-refractivity contribution is 7.93. The zero-order valence-electron chi connectivity index (χ0n) is 12.8. The lowest BCUT2D eigenvalue weighted by molar-refractivity contribution is 0.0856. The van der Waals surface area contributed by atoms with E-state index in [1.165, 1.54) is 6.26 Å². The fraction of sp³-hybridized carbons (Fsp3) is 0.533. The maximum absolute atomic E-state index is 12.3. The summed E-state index contributed by atoms with van der Waals surface area (Å²) >= 11 is 0. The molecule has 5 heteroatoms. The normalized spacial score (nSPS) is 26.3. The highest BCUT2D eigenvalue weighted by atomic mass is 32.2. The Morgan fingerprint density at radius 1 is 1.20 bits per heavy atom. The minimum atomic E-state index is -3.35. The summed E-state index contributed by atoms with van der Waals surface area (Å²) in [6.07, 6.45) is 0.750. The van der Waals surface area contributed by atoms with E-state index in [0.717, 1.165) is 22.3 Å². The van der Waals surface area contributed by atoms with Crippen molar-refractivity contribution in [3.05, 3.63) is 34.4 Å². The number of aryl methyl sites for hydroxylation is 3. The topological polar surface area (TPSA) is 55.7 Å². The average Bonchev–Trinajstić information content (AvgIpc) is 2.56. The van der Waals surface area contributed by atoms with Crippen molar-refractivity contribution in [1.29, 1.82) is 0 Å². The zero-order valence-corrected chi connectivity index (χ0v) is 13.6. The van der Waals surface area contributed by atoms with Gasteiger partial charge in [0.25, 0.3) is 0 Å². The maximum Gasteiger partial charge on any atom is 0.162 e. The summed E-state index contributed by atoms with van der Waals surface area (Å²) in [5.41, 5.74) is 4.59. The van der Waals surface area contributed by atoms with Gasteiger partial charge in [-0.3, -0.25) is 0 Å². The minimum absolute atomic E-state index is 0.493. The first kappa shape index (κ1) is 15.0. The molecule has 4 nitrogen and oxygen atoms in total. The lowest BCUT2D eigenvalue weighted by atomic mass is 9.88. The molecular weight excluding hydrogens is 274 g/mol. The standard InChI is InChI=1S/C15H21NO3S/c1-9-7-10(2)13(11(3)8-9)14-15(5,20(6,17)18)12(4)19-16-14/h7-8,12H,1-6H3. The van der Waals surface area contributed by atoms with Gasteiger partial charge in [0.05, 0.1) is 0 Å². The van der Waals surface area contributed by atoms with Crippen molar-refractivity contribution in [2.45, 2.75) is 45.5 Å². The summed E-state index contributed by atoms with van der Waals surface area (Å²) < 4.78 is 23.4. The number of rotatable bonds is 2. The van der Waals surface area contributed by atoms with Gasteiger partial charge in [-0.05, 0) is 45.7 Å². The minimum Gasteiger partial charge on any atom is -0.390 e. The van der Waals surface area contributed by atoms with Crippen molar-refractivity contribution in [3.8, 4) is 0 Å². The summed E-state index contributed by atoms with van der Waals surface area (Å²) in [6.45, 7) is 9.41. The molecule has 1 heterocycles. The Balaban J connectivity index is 2.71. The first-order valence-electron chi connectivity index (χ1n) is 6.61. The Morgan fingerprint density at radius 2 is 1.70 bits per heavy atom. The third-order valence-electron chi connectivity index (χ3n) is 4.23. The molecule has 1 aromatic carbocycles. The van der Waals surface area contributed by atoms with Gasteiger partial charge in [-0.1, -0.05) is 22.9 Å². The summed E-state index contributed by atoms with van der Waals surface area (Å²) in [6, 6.07) is 4.08. The summed E-state index contributed by atoms with van der Waals surface area (Å²) in [4.78, 5) is 5.31. The number of sulfone groups is 1. The lowest BCUT2D eigenvalue weighted by Gasteiger charge is -2.27. The molecule has 0 bridgehead atoms. The van der Waals surface area contributed by atoms with Crippen molar-refractivity contribution in [3.63, 3.8) is 0 Å². The van der Waals surface area contributed by atoms with Gasteiger partial charge in [0.2, 0.25) is 0 Å². The van der Waals surface area contributed by atoms with Crippen molar-refractivity contribution in [2.24, 2.45) is 5.16 Å². The van der Waals surface area contributed by atoms with E-state index in [9.17, 15) is 8.42 Å². The van der Waals surface area contributed by atoms with Gasteiger partial charge in [-0.25, -0.2) is 8.42 Å². The fourth-order valence-corrected chi connectivity index (χ4v) is 3.98. The van der Waals surface area contributed by atoms with Crippen LogP contribution in [0.1, 0.15) is 36.1 Å². The van der Waals surface area contributed by atoms with Gasteiger partial charge in [-0.2, -0.15) is 0 Å². The predicted molar refractivity (Wildman–Crippen MR) is 81.0 cm³/mol. The van der Waals surface area contributed by atoms with E-state index in [1.807, 2.05) is 32.9 Å². The molecule has 0 saturated heterocycles. The van der Waals surface area contributed by atoms with Crippen LogP contribution in [0.15, 0.2) is 17.3 Å². The van der Waals surface area contributed by atoms with E-state index < -0.39 is 20.7 Å². The van der Waals surface area contributed by atoms with Crippen LogP contribution in [0.5, 0.6) is 0 Å². The number of benzene rings is 1. The summed E-state index contributed by atoms with van der Waals surface area (Å²) in [5.74, 6) is 0. The summed E-state index contributed by atoms with van der Waals surface area (Å²) in [7, 11) is -3.35. The number of hydrogen-bond donors (Lipinski definition) is 0. The SMILES string of the molecule is Cc1cc(C)c(C2=NOC(C)C2(C)S(C)(=O)=O)c(C)c1. The van der Waals surface area contributed by atoms with Crippen molar-refractivity contribution < 1.29 is 13.3 Å². The second kappa shape index (κ2) is 4.58. The molecule has 0 saturated carbocycles. The van der Waals surface area contributed by atoms with Gasteiger partial charge in [-0.15, -0.1) is 0 Å². The van der Waals surface area contributed by atoms with E-state index in [-0.39, 0.29) is 0 Å². The fourth-order valence-electron chi connectivity index (χ4n) is 2.84. The zero-order chi connectivity index (χ0) is 15.3. The van der Waals surface area contributed by atoms with E-state index in [2.05, 4.69) is 5.16 Å². The lowest BCUT2D eigenvalue weighted by Crippen LogP contribution is -2.49. The first-order chi connectivity index (χ1) is 9.09. The van der Waals surface area contributed by atoms with E-state index in [1.54, 1.807) is 13.8 Å². The molecule has 0 N–H and O–H groups in total. The molecule has 0 aromatic heterocycles. The van der Waals surface area contributed by atoms with E-state index in [4.69, 9.17) is 4.84 Å². The van der Waals surface area contributed by atoms with Gasteiger partial charge >= 0.3 is 0 Å². The van der Waals surface area contributed by atoms with Crippen LogP contribution in [0.2, 0.25) is 0 Å². The van der Waals surface area contributed by atoms with Crippen LogP contribution in [0, 0.1) is 20.8 Å². The highest BCUT2D eigenvalue weighted by Gasteiger charge is 2.52. The Morgan fingerprint density at radius 3 is 2.15 bits per heavy atom. The van der Waals surface area contributed by atoms with Crippen molar-refractivity contribution in [2.75, 3.05) is 6.26 Å². The van der Waals surface area contributed by atoms with Crippen LogP contribution in [0.3, 0.4) is 0 Å². The van der Waals surface area contributed by atoms with E-state index >= 15 is 0 Å². The molecule has 2 unspecified atom stereocenters. The molecule has 1 aliphatic rings. The molecule has 110 valence electrons. The quantitative estimate of drug-likeness (QED) is 0.842. The van der Waals surface area contributed by atoms with Crippen LogP contribution in [0.25, 0.3) is 0 Å².